The Morgan fingerprint density at radius 2 is 2.33 bits per heavy atom. The minimum absolute atomic E-state index is 0.240. The van der Waals surface area contributed by atoms with Crippen molar-refractivity contribution in [1.82, 2.24) is 5.32 Å². The van der Waals surface area contributed by atoms with Crippen LogP contribution in [-0.4, -0.2) is 30.4 Å². The van der Waals surface area contributed by atoms with Gasteiger partial charge in [0.2, 0.25) is 0 Å². The first-order chi connectivity index (χ1) is 10.2. The molecular weight excluding hydrogens is 264 g/mol. The normalized spacial score (nSPS) is 23.3. The highest BCUT2D eigenvalue weighted by Crippen LogP contribution is 2.23. The summed E-state index contributed by atoms with van der Waals surface area (Å²) in [6, 6.07) is 9.58. The highest BCUT2D eigenvalue weighted by atomic mass is 16.5. The van der Waals surface area contributed by atoms with Crippen molar-refractivity contribution < 1.29 is 9.84 Å². The van der Waals surface area contributed by atoms with Crippen LogP contribution < -0.4 is 10.1 Å². The van der Waals surface area contributed by atoms with Crippen molar-refractivity contribution in [3.8, 4) is 11.8 Å². The molecule has 3 atom stereocenters. The van der Waals surface area contributed by atoms with Crippen molar-refractivity contribution in [3.05, 3.63) is 29.8 Å². The maximum absolute atomic E-state index is 9.98. The predicted octanol–water partition coefficient (Wildman–Crippen LogP) is 2.47. The number of aliphatic hydroxyl groups is 1. The lowest BCUT2D eigenvalue weighted by atomic mass is 9.87. The molecule has 1 aliphatic rings. The van der Waals surface area contributed by atoms with Crippen LogP contribution in [-0.2, 0) is 0 Å². The van der Waals surface area contributed by atoms with E-state index in [2.05, 4.69) is 18.3 Å². The second kappa shape index (κ2) is 8.02. The van der Waals surface area contributed by atoms with Gasteiger partial charge in [0.05, 0.1) is 11.6 Å². The van der Waals surface area contributed by atoms with Crippen LogP contribution >= 0.6 is 0 Å². The fraction of sp³-hybridized carbons (Fsp3) is 0.588. The topological polar surface area (TPSA) is 65.3 Å². The van der Waals surface area contributed by atoms with Crippen molar-refractivity contribution in [3.63, 3.8) is 0 Å². The maximum atomic E-state index is 9.98. The molecule has 0 aromatic heterocycles. The zero-order chi connectivity index (χ0) is 15.1. The summed E-state index contributed by atoms with van der Waals surface area (Å²) in [5, 5.41) is 22.2. The Bertz CT molecular complexity index is 484. The number of hydrogen-bond donors (Lipinski definition) is 2. The summed E-state index contributed by atoms with van der Waals surface area (Å²) in [7, 11) is 0. The van der Waals surface area contributed by atoms with Crippen molar-refractivity contribution in [2.75, 3.05) is 13.2 Å². The highest BCUT2D eigenvalue weighted by Gasteiger charge is 2.19. The number of rotatable bonds is 6. The molecular formula is C17H24N2O2. The molecule has 1 aromatic carbocycles. The monoisotopic (exact) mass is 288 g/mol. The van der Waals surface area contributed by atoms with Crippen LogP contribution in [0.25, 0.3) is 0 Å². The molecule has 114 valence electrons. The fourth-order valence-electron chi connectivity index (χ4n) is 2.83. The van der Waals surface area contributed by atoms with Gasteiger partial charge in [0, 0.05) is 12.6 Å². The van der Waals surface area contributed by atoms with Gasteiger partial charge in [-0.05, 0) is 37.0 Å². The highest BCUT2D eigenvalue weighted by molar-refractivity contribution is 5.36. The number of nitrogens with zero attached hydrogens (tertiary/aromatic N) is 1. The molecule has 1 saturated carbocycles. The van der Waals surface area contributed by atoms with Crippen LogP contribution in [0, 0.1) is 17.2 Å². The Balaban J connectivity index is 1.69. The Hall–Kier alpha value is -1.57. The summed E-state index contributed by atoms with van der Waals surface area (Å²) in [5.41, 5.74) is 0.566. The molecule has 4 nitrogen and oxygen atoms in total. The third kappa shape index (κ3) is 5.37. The lowest BCUT2D eigenvalue weighted by Crippen LogP contribution is -2.40. The third-order valence-electron chi connectivity index (χ3n) is 3.98. The summed E-state index contributed by atoms with van der Waals surface area (Å²) in [4.78, 5) is 0. The van der Waals surface area contributed by atoms with Gasteiger partial charge in [0.1, 0.15) is 18.5 Å². The quantitative estimate of drug-likeness (QED) is 0.844. The average molecular weight is 288 g/mol. The molecule has 4 heteroatoms. The first-order valence-electron chi connectivity index (χ1n) is 7.72. The Morgan fingerprint density at radius 1 is 1.48 bits per heavy atom. The lowest BCUT2D eigenvalue weighted by molar-refractivity contribution is 0.100. The van der Waals surface area contributed by atoms with Crippen molar-refractivity contribution in [2.45, 2.75) is 44.8 Å². The number of ether oxygens (including phenoxy) is 1. The number of nitrogens with one attached hydrogen (secondary N) is 1. The molecule has 0 heterocycles. The van der Waals surface area contributed by atoms with E-state index < -0.39 is 6.10 Å². The number of hydrogen-bond acceptors (Lipinski definition) is 4. The van der Waals surface area contributed by atoms with Crippen LogP contribution in [0.2, 0.25) is 0 Å². The molecule has 2 rings (SSSR count). The first kappa shape index (κ1) is 15.8. The number of aliphatic hydroxyl groups excluding tert-OH is 1. The minimum Gasteiger partial charge on any atom is -0.491 e. The van der Waals surface area contributed by atoms with Gasteiger partial charge in [-0.3, -0.25) is 0 Å². The Kier molecular flexibility index (Phi) is 6.04. The zero-order valence-electron chi connectivity index (χ0n) is 12.6. The molecule has 0 spiro atoms. The summed E-state index contributed by atoms with van der Waals surface area (Å²) in [5.74, 6) is 1.40. The average Bonchev–Trinajstić information content (AvgIpc) is 2.51. The van der Waals surface area contributed by atoms with E-state index in [0.717, 1.165) is 5.92 Å². The third-order valence-corrected chi connectivity index (χ3v) is 3.98. The first-order valence-corrected chi connectivity index (χ1v) is 7.72. The molecule has 21 heavy (non-hydrogen) atoms. The van der Waals surface area contributed by atoms with E-state index in [1.165, 1.54) is 25.7 Å². The predicted molar refractivity (Wildman–Crippen MR) is 82.1 cm³/mol. The second-order valence-corrected chi connectivity index (χ2v) is 5.98. The second-order valence-electron chi connectivity index (χ2n) is 5.98. The van der Waals surface area contributed by atoms with Crippen LogP contribution in [0.15, 0.2) is 24.3 Å². The van der Waals surface area contributed by atoms with Crippen LogP contribution in [0.3, 0.4) is 0 Å². The van der Waals surface area contributed by atoms with E-state index in [1.807, 2.05) is 0 Å². The largest absolute Gasteiger partial charge is 0.491 e. The molecule has 0 radical (unpaired) electrons. The molecule has 3 unspecified atom stereocenters. The molecule has 0 aliphatic heterocycles. The van der Waals surface area contributed by atoms with Crippen LogP contribution in [0.4, 0.5) is 0 Å². The van der Waals surface area contributed by atoms with Crippen molar-refractivity contribution in [2.24, 2.45) is 5.92 Å². The molecule has 1 aromatic rings. The smallest absolute Gasteiger partial charge is 0.120 e. The van der Waals surface area contributed by atoms with Gasteiger partial charge in [0.15, 0.2) is 0 Å². The van der Waals surface area contributed by atoms with E-state index in [4.69, 9.17) is 10.00 Å². The summed E-state index contributed by atoms with van der Waals surface area (Å²) in [6.07, 6.45) is 4.44. The number of benzene rings is 1. The van der Waals surface area contributed by atoms with Gasteiger partial charge >= 0.3 is 0 Å². The maximum Gasteiger partial charge on any atom is 0.120 e. The van der Waals surface area contributed by atoms with Crippen LogP contribution in [0.1, 0.15) is 38.2 Å². The van der Waals surface area contributed by atoms with Gasteiger partial charge in [-0.1, -0.05) is 25.8 Å². The summed E-state index contributed by atoms with van der Waals surface area (Å²) >= 11 is 0. The van der Waals surface area contributed by atoms with Gasteiger partial charge in [-0.25, -0.2) is 0 Å². The fourth-order valence-corrected chi connectivity index (χ4v) is 2.83. The summed E-state index contributed by atoms with van der Waals surface area (Å²) < 4.78 is 5.53. The van der Waals surface area contributed by atoms with Gasteiger partial charge in [-0.2, -0.15) is 5.26 Å². The Morgan fingerprint density at radius 3 is 3.10 bits per heavy atom. The van der Waals surface area contributed by atoms with Crippen molar-refractivity contribution in [1.29, 1.82) is 5.26 Å². The standard InChI is InChI=1S/C17H24N2O2/c1-13-4-2-6-15(8-13)19-11-16(20)12-21-17-7-3-5-14(9-17)10-18/h3,5,7,9,13,15-16,19-20H,2,4,6,8,11-12H2,1H3. The van der Waals surface area contributed by atoms with Gasteiger partial charge < -0.3 is 15.2 Å². The van der Waals surface area contributed by atoms with Gasteiger partial charge in [-0.15, -0.1) is 0 Å². The SMILES string of the molecule is CC1CCCC(NCC(O)COc2cccc(C#N)c2)C1. The van der Waals surface area contributed by atoms with Crippen molar-refractivity contribution >= 4 is 0 Å². The molecule has 0 saturated heterocycles. The molecule has 0 amide bonds. The van der Waals surface area contributed by atoms with E-state index in [0.29, 0.717) is 23.9 Å². The van der Waals surface area contributed by atoms with E-state index in [1.54, 1.807) is 24.3 Å². The zero-order valence-corrected chi connectivity index (χ0v) is 12.6. The lowest BCUT2D eigenvalue weighted by Gasteiger charge is -2.28. The molecule has 0 bridgehead atoms. The van der Waals surface area contributed by atoms with E-state index >= 15 is 0 Å². The molecule has 2 N–H and O–H groups in total. The molecule has 1 aliphatic carbocycles. The molecule has 1 fully saturated rings. The van der Waals surface area contributed by atoms with E-state index in [9.17, 15) is 5.11 Å². The van der Waals surface area contributed by atoms with Gasteiger partial charge in [0.25, 0.3) is 0 Å². The Labute approximate surface area is 126 Å². The van der Waals surface area contributed by atoms with Crippen LogP contribution in [0.5, 0.6) is 5.75 Å². The summed E-state index contributed by atoms with van der Waals surface area (Å²) in [6.45, 7) is 3.08. The minimum atomic E-state index is -0.534. The van der Waals surface area contributed by atoms with E-state index in [-0.39, 0.29) is 6.61 Å². The number of nitriles is 1.